The Bertz CT molecular complexity index is 647. The molecule has 0 aromatic heterocycles. The summed E-state index contributed by atoms with van der Waals surface area (Å²) in [5.41, 5.74) is 2.80. The largest absolute Gasteiger partial charge is 0.444 e. The minimum atomic E-state index is -0.583. The van der Waals surface area contributed by atoms with Crippen LogP contribution in [0, 0.1) is 0 Å². The molecule has 1 saturated heterocycles. The van der Waals surface area contributed by atoms with E-state index in [9.17, 15) is 9.59 Å². The molecule has 2 heterocycles. The summed E-state index contributed by atoms with van der Waals surface area (Å²) in [5.74, 6) is 0. The van der Waals surface area contributed by atoms with E-state index < -0.39 is 17.7 Å². The van der Waals surface area contributed by atoms with Crippen molar-refractivity contribution in [2.24, 2.45) is 0 Å². The maximum absolute atomic E-state index is 12.5. The van der Waals surface area contributed by atoms with Crippen molar-refractivity contribution in [2.45, 2.75) is 45.4 Å². The number of hydrogen-bond donors (Lipinski definition) is 0. The van der Waals surface area contributed by atoms with Crippen LogP contribution in [0.4, 0.5) is 10.5 Å². The average molecular weight is 346 g/mol. The van der Waals surface area contributed by atoms with Gasteiger partial charge in [0, 0.05) is 25.2 Å². The van der Waals surface area contributed by atoms with Gasteiger partial charge in [-0.15, -0.1) is 0 Å². The molecule has 25 heavy (non-hydrogen) atoms. The van der Waals surface area contributed by atoms with E-state index in [1.54, 1.807) is 0 Å². The quantitative estimate of drug-likeness (QED) is 0.770. The van der Waals surface area contributed by atoms with Gasteiger partial charge in [0.05, 0.1) is 25.8 Å². The van der Waals surface area contributed by atoms with Gasteiger partial charge in [0.1, 0.15) is 11.9 Å². The molecule has 6 heteroatoms. The third-order valence-electron chi connectivity index (χ3n) is 4.54. The van der Waals surface area contributed by atoms with Crippen LogP contribution < -0.4 is 4.90 Å². The van der Waals surface area contributed by atoms with Crippen molar-refractivity contribution < 1.29 is 19.1 Å². The predicted molar refractivity (Wildman–Crippen MR) is 94.8 cm³/mol. The summed E-state index contributed by atoms with van der Waals surface area (Å²) in [4.78, 5) is 28.0. The molecule has 3 rings (SSSR count). The van der Waals surface area contributed by atoms with E-state index >= 15 is 0 Å². The lowest BCUT2D eigenvalue weighted by Gasteiger charge is -2.38. The highest BCUT2D eigenvalue weighted by Crippen LogP contribution is 2.32. The molecule has 1 aromatic rings. The molecular weight excluding hydrogens is 320 g/mol. The van der Waals surface area contributed by atoms with Crippen molar-refractivity contribution in [2.75, 3.05) is 31.2 Å². The molecule has 2 aliphatic rings. The molecule has 0 radical (unpaired) electrons. The second-order valence-electron chi connectivity index (χ2n) is 7.53. The standard InChI is InChI=1S/C19H26N2O4/c1-19(2,3)25-18(23)21-12-14-5-4-6-17(16(14)11-15(21)13-22)20-7-9-24-10-8-20/h4-6,13,15H,7-12H2,1-3H3/t15-/m1/s1. The van der Waals surface area contributed by atoms with Crippen LogP contribution in [0.25, 0.3) is 0 Å². The number of carbonyl (C=O) groups is 2. The van der Waals surface area contributed by atoms with Crippen LogP contribution in [0.1, 0.15) is 31.9 Å². The van der Waals surface area contributed by atoms with E-state index in [-0.39, 0.29) is 0 Å². The van der Waals surface area contributed by atoms with Gasteiger partial charge in [-0.05, 0) is 38.0 Å². The van der Waals surface area contributed by atoms with Crippen LogP contribution >= 0.6 is 0 Å². The van der Waals surface area contributed by atoms with Crippen LogP contribution in [0.3, 0.4) is 0 Å². The van der Waals surface area contributed by atoms with E-state index in [4.69, 9.17) is 9.47 Å². The Morgan fingerprint density at radius 3 is 2.64 bits per heavy atom. The van der Waals surface area contributed by atoms with Gasteiger partial charge in [-0.25, -0.2) is 4.79 Å². The van der Waals surface area contributed by atoms with E-state index in [2.05, 4.69) is 11.0 Å². The number of carbonyl (C=O) groups excluding carboxylic acids is 2. The molecule has 0 aliphatic carbocycles. The number of amides is 1. The van der Waals surface area contributed by atoms with Gasteiger partial charge in [0.2, 0.25) is 0 Å². The van der Waals surface area contributed by atoms with Crippen LogP contribution in [-0.2, 0) is 27.2 Å². The molecule has 2 aliphatic heterocycles. The number of ether oxygens (including phenoxy) is 2. The zero-order chi connectivity index (χ0) is 18.0. The maximum Gasteiger partial charge on any atom is 0.411 e. The highest BCUT2D eigenvalue weighted by Gasteiger charge is 2.34. The smallest absolute Gasteiger partial charge is 0.411 e. The third kappa shape index (κ3) is 3.95. The maximum atomic E-state index is 12.5. The van der Waals surface area contributed by atoms with Gasteiger partial charge in [-0.1, -0.05) is 12.1 Å². The lowest BCUT2D eigenvalue weighted by molar-refractivity contribution is -0.113. The Morgan fingerprint density at radius 1 is 1.28 bits per heavy atom. The van der Waals surface area contributed by atoms with Crippen LogP contribution in [-0.4, -0.2) is 55.2 Å². The van der Waals surface area contributed by atoms with Crippen LogP contribution in [0.5, 0.6) is 0 Å². The number of fused-ring (bicyclic) bond motifs is 1. The number of benzene rings is 1. The molecule has 1 atom stereocenters. The SMILES string of the molecule is CC(C)(C)OC(=O)N1Cc2cccc(N3CCOCC3)c2C[C@@H]1C=O. The number of morpholine rings is 1. The van der Waals surface area contributed by atoms with Crippen molar-refractivity contribution in [3.05, 3.63) is 29.3 Å². The highest BCUT2D eigenvalue weighted by molar-refractivity contribution is 5.76. The first-order valence-corrected chi connectivity index (χ1v) is 8.77. The minimum Gasteiger partial charge on any atom is -0.444 e. The van der Waals surface area contributed by atoms with Gasteiger partial charge in [0.25, 0.3) is 0 Å². The van der Waals surface area contributed by atoms with Crippen LogP contribution in [0.2, 0.25) is 0 Å². The molecule has 0 saturated carbocycles. The van der Waals surface area contributed by atoms with Gasteiger partial charge < -0.3 is 19.2 Å². The first kappa shape index (κ1) is 17.7. The Kier molecular flexibility index (Phi) is 4.99. The van der Waals surface area contributed by atoms with Crippen LogP contribution in [0.15, 0.2) is 18.2 Å². The zero-order valence-electron chi connectivity index (χ0n) is 15.2. The lowest BCUT2D eigenvalue weighted by atomic mass is 9.92. The van der Waals surface area contributed by atoms with Gasteiger partial charge >= 0.3 is 6.09 Å². The van der Waals surface area contributed by atoms with Crippen molar-refractivity contribution in [3.8, 4) is 0 Å². The Hall–Kier alpha value is -2.08. The summed E-state index contributed by atoms with van der Waals surface area (Å²) in [7, 11) is 0. The molecule has 1 aromatic carbocycles. The summed E-state index contributed by atoms with van der Waals surface area (Å²) < 4.78 is 10.9. The Balaban J connectivity index is 1.87. The molecule has 0 N–H and O–H groups in total. The van der Waals surface area contributed by atoms with Crippen molar-refractivity contribution in [1.82, 2.24) is 4.90 Å². The zero-order valence-corrected chi connectivity index (χ0v) is 15.2. The topological polar surface area (TPSA) is 59.1 Å². The summed E-state index contributed by atoms with van der Waals surface area (Å²) in [6, 6.07) is 5.63. The lowest BCUT2D eigenvalue weighted by Crippen LogP contribution is -2.48. The number of hydrogen-bond acceptors (Lipinski definition) is 5. The minimum absolute atomic E-state index is 0.395. The number of nitrogens with zero attached hydrogens (tertiary/aromatic N) is 2. The van der Waals surface area contributed by atoms with Crippen molar-refractivity contribution >= 4 is 18.1 Å². The van der Waals surface area contributed by atoms with E-state index in [1.165, 1.54) is 4.90 Å². The van der Waals surface area contributed by atoms with Crippen molar-refractivity contribution in [3.63, 3.8) is 0 Å². The third-order valence-corrected chi connectivity index (χ3v) is 4.54. The molecule has 0 spiro atoms. The van der Waals surface area contributed by atoms with E-state index in [1.807, 2.05) is 32.9 Å². The first-order valence-electron chi connectivity index (χ1n) is 8.77. The molecule has 136 valence electrons. The number of anilines is 1. The average Bonchev–Trinajstić information content (AvgIpc) is 2.59. The molecule has 6 nitrogen and oxygen atoms in total. The molecule has 0 bridgehead atoms. The molecule has 0 unspecified atom stereocenters. The van der Waals surface area contributed by atoms with E-state index in [0.29, 0.717) is 26.2 Å². The second-order valence-corrected chi connectivity index (χ2v) is 7.53. The summed E-state index contributed by atoms with van der Waals surface area (Å²) in [6.45, 7) is 9.00. The highest BCUT2D eigenvalue weighted by atomic mass is 16.6. The molecule has 1 fully saturated rings. The van der Waals surface area contributed by atoms with E-state index in [0.717, 1.165) is 36.2 Å². The second kappa shape index (κ2) is 7.04. The Labute approximate surface area is 148 Å². The monoisotopic (exact) mass is 346 g/mol. The fourth-order valence-corrected chi connectivity index (χ4v) is 3.37. The first-order chi connectivity index (χ1) is 11.9. The van der Waals surface area contributed by atoms with Gasteiger partial charge in [0.15, 0.2) is 0 Å². The summed E-state index contributed by atoms with van der Waals surface area (Å²) >= 11 is 0. The van der Waals surface area contributed by atoms with Crippen molar-refractivity contribution in [1.29, 1.82) is 0 Å². The number of rotatable bonds is 2. The Morgan fingerprint density at radius 2 is 2.00 bits per heavy atom. The summed E-state index contributed by atoms with van der Waals surface area (Å²) in [5, 5.41) is 0. The normalized spacial score (nSPS) is 20.8. The van der Waals surface area contributed by atoms with Gasteiger partial charge in [-0.2, -0.15) is 0 Å². The fourth-order valence-electron chi connectivity index (χ4n) is 3.37. The fraction of sp³-hybridized carbons (Fsp3) is 0.579. The number of aldehydes is 1. The predicted octanol–water partition coefficient (Wildman–Crippen LogP) is 2.38. The molecule has 1 amide bonds. The summed E-state index contributed by atoms with van der Waals surface area (Å²) in [6.07, 6.45) is 0.932. The van der Waals surface area contributed by atoms with Gasteiger partial charge in [-0.3, -0.25) is 4.90 Å². The molecular formula is C19H26N2O4.